The molecule has 1 N–H and O–H groups in total. The Kier molecular flexibility index (Phi) is 6.86. The van der Waals surface area contributed by atoms with E-state index >= 15 is 0 Å². The lowest BCUT2D eigenvalue weighted by atomic mass is 9.96. The molecule has 0 bridgehead atoms. The Hall–Kier alpha value is -2.99. The van der Waals surface area contributed by atoms with Gasteiger partial charge in [0.2, 0.25) is 5.88 Å². The maximum atomic E-state index is 13.9. The molecule has 0 radical (unpaired) electrons. The number of aromatic hydroxyl groups is 1. The van der Waals surface area contributed by atoms with Crippen molar-refractivity contribution in [3.05, 3.63) is 83.2 Å². The molecule has 2 atom stereocenters. The van der Waals surface area contributed by atoms with Gasteiger partial charge in [-0.25, -0.2) is 0 Å². The van der Waals surface area contributed by atoms with Gasteiger partial charge in [0, 0.05) is 29.6 Å². The highest BCUT2D eigenvalue weighted by Gasteiger charge is 2.35. The average molecular weight is 577 g/mol. The molecule has 4 heterocycles. The van der Waals surface area contributed by atoms with Crippen molar-refractivity contribution in [2.45, 2.75) is 44.1 Å². The summed E-state index contributed by atoms with van der Waals surface area (Å²) in [5, 5.41) is 20.4. The van der Waals surface area contributed by atoms with Gasteiger partial charge in [-0.05, 0) is 60.0 Å². The van der Waals surface area contributed by atoms with E-state index in [2.05, 4.69) is 15.1 Å². The molecule has 39 heavy (non-hydrogen) atoms. The lowest BCUT2D eigenvalue weighted by Crippen LogP contribution is -2.47. The molecule has 3 aliphatic rings. The highest BCUT2D eigenvalue weighted by atomic mass is 35.5. The van der Waals surface area contributed by atoms with Crippen molar-refractivity contribution in [2.24, 2.45) is 10.2 Å². The summed E-state index contributed by atoms with van der Waals surface area (Å²) in [5.41, 5.74) is 0.183. The van der Waals surface area contributed by atoms with Gasteiger partial charge < -0.3 is 9.84 Å². The molecule has 204 valence electrons. The molecular formula is C27H24ClF3N4O3S. The van der Waals surface area contributed by atoms with Gasteiger partial charge in [0.05, 0.1) is 41.3 Å². The summed E-state index contributed by atoms with van der Waals surface area (Å²) < 4.78 is 49.1. The van der Waals surface area contributed by atoms with E-state index in [1.54, 1.807) is 24.4 Å². The molecule has 0 amide bonds. The number of alkyl halides is 3. The van der Waals surface area contributed by atoms with Gasteiger partial charge in [-0.3, -0.25) is 14.3 Å². The zero-order valence-electron chi connectivity index (χ0n) is 20.6. The molecule has 6 rings (SSSR count). The molecule has 3 aliphatic heterocycles. The van der Waals surface area contributed by atoms with E-state index < -0.39 is 16.6 Å². The molecule has 2 saturated heterocycles. The molecule has 0 aliphatic carbocycles. The fraction of sp³-hybridized carbons (Fsp3) is 0.370. The predicted octanol–water partition coefficient (Wildman–Crippen LogP) is 3.56. The first kappa shape index (κ1) is 26.2. The normalized spacial score (nSPS) is 21.5. The van der Waals surface area contributed by atoms with Crippen molar-refractivity contribution in [3.8, 4) is 5.88 Å². The second-order valence-corrected chi connectivity index (χ2v) is 11.3. The minimum atomic E-state index is -4.64. The third-order valence-corrected chi connectivity index (χ3v) is 8.74. The zero-order chi connectivity index (χ0) is 27.3. The Labute approximate surface area is 230 Å². The SMILES string of the molecule is O=c1sc(C(Cc2ccc(Cl)cc2C(F)(F)F)=c2ccc3c(c2)C=NN=3)c(O)n1C[C@H]1CN2CCC[C@H]2CO1. The molecule has 0 spiro atoms. The van der Waals surface area contributed by atoms with E-state index in [1.165, 1.54) is 16.7 Å². The fourth-order valence-corrected chi connectivity index (χ4v) is 6.65. The van der Waals surface area contributed by atoms with Gasteiger partial charge in [-0.15, -0.1) is 0 Å². The van der Waals surface area contributed by atoms with E-state index in [9.17, 15) is 23.1 Å². The van der Waals surface area contributed by atoms with Gasteiger partial charge in [-0.2, -0.15) is 23.4 Å². The summed E-state index contributed by atoms with van der Waals surface area (Å²) in [6.07, 6.45) is -1.36. The Morgan fingerprint density at radius 2 is 2.08 bits per heavy atom. The lowest BCUT2D eigenvalue weighted by Gasteiger charge is -2.35. The number of hydrogen-bond donors (Lipinski definition) is 1. The van der Waals surface area contributed by atoms with Crippen molar-refractivity contribution in [1.29, 1.82) is 0 Å². The van der Waals surface area contributed by atoms with Crippen LogP contribution in [-0.4, -0.2) is 52.6 Å². The summed E-state index contributed by atoms with van der Waals surface area (Å²) in [5.74, 6) is -0.284. The lowest BCUT2D eigenvalue weighted by molar-refractivity contribution is -0.138. The molecule has 2 fully saturated rings. The third kappa shape index (κ3) is 5.16. The standard InChI is InChI=1S/C27H24ClF3N4O3S/c28-18-5-3-16(22(10-18)27(29,30)31)9-21(15-4-6-23-17(8-15)11-32-33-23)24-25(36)35(26(37)39-24)13-20-12-34-7-1-2-19(34)14-38-20/h3-6,8,10-11,19-20,36H,1-2,7,9,12-14H2/t19-,20+/m0/s1. The van der Waals surface area contributed by atoms with Crippen LogP contribution in [-0.2, 0) is 23.9 Å². The molecule has 0 saturated carbocycles. The number of fused-ring (bicyclic) bond motifs is 2. The van der Waals surface area contributed by atoms with Crippen LogP contribution >= 0.6 is 22.9 Å². The van der Waals surface area contributed by atoms with E-state index in [0.717, 1.165) is 36.8 Å². The Balaban J connectivity index is 1.43. The second kappa shape index (κ2) is 10.2. The maximum Gasteiger partial charge on any atom is 0.416 e. The molecule has 3 aromatic rings. The topological polar surface area (TPSA) is 79.4 Å². The van der Waals surface area contributed by atoms with Crippen LogP contribution in [0.2, 0.25) is 5.02 Å². The molecule has 2 aromatic carbocycles. The van der Waals surface area contributed by atoms with E-state index in [0.29, 0.717) is 40.9 Å². The predicted molar refractivity (Wildman–Crippen MR) is 142 cm³/mol. The Bertz CT molecular complexity index is 1650. The number of rotatable bonds is 5. The summed E-state index contributed by atoms with van der Waals surface area (Å²) in [4.78, 5) is 15.3. The molecule has 1 aromatic heterocycles. The number of morpholine rings is 1. The molecule has 0 unspecified atom stereocenters. The van der Waals surface area contributed by atoms with E-state index in [4.69, 9.17) is 16.3 Å². The number of ether oxygens (including phenoxy) is 1. The van der Waals surface area contributed by atoms with Crippen LogP contribution in [0.15, 0.2) is 51.4 Å². The van der Waals surface area contributed by atoms with Crippen LogP contribution in [0.3, 0.4) is 0 Å². The fourth-order valence-electron chi connectivity index (χ4n) is 5.51. The van der Waals surface area contributed by atoms with Crippen LogP contribution in [0, 0.1) is 0 Å². The zero-order valence-corrected chi connectivity index (χ0v) is 22.2. The largest absolute Gasteiger partial charge is 0.493 e. The van der Waals surface area contributed by atoms with E-state index in [-0.39, 0.29) is 40.4 Å². The van der Waals surface area contributed by atoms with Gasteiger partial charge in [0.15, 0.2) is 0 Å². The number of benzene rings is 2. The number of nitrogens with zero attached hydrogens (tertiary/aromatic N) is 4. The van der Waals surface area contributed by atoms with Gasteiger partial charge >= 0.3 is 11.0 Å². The van der Waals surface area contributed by atoms with Crippen LogP contribution < -0.4 is 15.4 Å². The molecule has 12 heteroatoms. The highest BCUT2D eigenvalue weighted by Crippen LogP contribution is 2.37. The van der Waals surface area contributed by atoms with Gasteiger partial charge in [0.25, 0.3) is 0 Å². The highest BCUT2D eigenvalue weighted by molar-refractivity contribution is 7.10. The molecular weight excluding hydrogens is 553 g/mol. The monoisotopic (exact) mass is 576 g/mol. The van der Waals surface area contributed by atoms with Gasteiger partial charge in [0.1, 0.15) is 0 Å². The Morgan fingerprint density at radius 1 is 1.23 bits per heavy atom. The van der Waals surface area contributed by atoms with Crippen molar-refractivity contribution < 1.29 is 23.0 Å². The van der Waals surface area contributed by atoms with Crippen molar-refractivity contribution in [3.63, 3.8) is 0 Å². The van der Waals surface area contributed by atoms with Crippen molar-refractivity contribution >= 4 is 34.7 Å². The van der Waals surface area contributed by atoms with Crippen molar-refractivity contribution in [2.75, 3.05) is 19.7 Å². The Morgan fingerprint density at radius 3 is 2.90 bits per heavy atom. The summed E-state index contributed by atoms with van der Waals surface area (Å²) in [6, 6.07) is 9.18. The quantitative estimate of drug-likeness (QED) is 0.504. The minimum Gasteiger partial charge on any atom is -0.493 e. The van der Waals surface area contributed by atoms with Crippen LogP contribution in [0.1, 0.15) is 34.4 Å². The first-order valence-corrected chi connectivity index (χ1v) is 13.8. The van der Waals surface area contributed by atoms with Crippen LogP contribution in [0.25, 0.3) is 5.57 Å². The average Bonchev–Trinajstić information content (AvgIpc) is 3.63. The number of thiazole rings is 1. The molecule has 7 nitrogen and oxygen atoms in total. The summed E-state index contributed by atoms with van der Waals surface area (Å²) in [6.45, 7) is 2.37. The van der Waals surface area contributed by atoms with E-state index in [1.807, 2.05) is 0 Å². The first-order valence-electron chi connectivity index (χ1n) is 12.6. The summed E-state index contributed by atoms with van der Waals surface area (Å²) >= 11 is 6.71. The smallest absolute Gasteiger partial charge is 0.416 e. The van der Waals surface area contributed by atoms with Crippen LogP contribution in [0.4, 0.5) is 13.2 Å². The second-order valence-electron chi connectivity index (χ2n) is 9.95. The van der Waals surface area contributed by atoms with Crippen LogP contribution in [0.5, 0.6) is 5.88 Å². The number of hydrogen-bond acceptors (Lipinski definition) is 7. The summed E-state index contributed by atoms with van der Waals surface area (Å²) in [7, 11) is 0. The first-order chi connectivity index (χ1) is 18.7. The third-order valence-electron chi connectivity index (χ3n) is 7.47. The number of aromatic nitrogens is 1. The minimum absolute atomic E-state index is 0.0248. The maximum absolute atomic E-state index is 13.9. The number of halogens is 4. The van der Waals surface area contributed by atoms with Crippen molar-refractivity contribution in [1.82, 2.24) is 9.47 Å². The van der Waals surface area contributed by atoms with Gasteiger partial charge in [-0.1, -0.05) is 35.1 Å².